The van der Waals surface area contributed by atoms with Crippen molar-refractivity contribution in [3.8, 4) is 0 Å². The molecule has 1 aromatic heterocycles. The van der Waals surface area contributed by atoms with Crippen molar-refractivity contribution in [3.63, 3.8) is 0 Å². The predicted molar refractivity (Wildman–Crippen MR) is 63.4 cm³/mol. The second-order valence-corrected chi connectivity index (χ2v) is 5.44. The Morgan fingerprint density at radius 2 is 2.47 bits per heavy atom. The molecule has 2 rings (SSSR count). The minimum absolute atomic E-state index is 0.122. The molecule has 2 nitrogen and oxygen atoms in total. The zero-order chi connectivity index (χ0) is 10.8. The molecule has 2 heterocycles. The van der Waals surface area contributed by atoms with Crippen LogP contribution in [0.5, 0.6) is 0 Å². The fourth-order valence-electron chi connectivity index (χ4n) is 1.81. The highest BCUT2D eigenvalue weighted by atomic mass is 35.5. The fraction of sp³-hybridized carbons (Fsp3) is 0.545. The van der Waals surface area contributed by atoms with Gasteiger partial charge in [0.25, 0.3) is 0 Å². The number of likely N-dealkylation sites (tertiary alicyclic amines) is 1. The summed E-state index contributed by atoms with van der Waals surface area (Å²) in [5, 5.41) is 4.14. The monoisotopic (exact) mass is 243 g/mol. The van der Waals surface area contributed by atoms with Gasteiger partial charge in [-0.3, -0.25) is 4.79 Å². The molecule has 0 saturated carbocycles. The van der Waals surface area contributed by atoms with E-state index in [2.05, 4.69) is 6.92 Å². The summed E-state index contributed by atoms with van der Waals surface area (Å²) in [6, 6.07) is 2.00. The molecule has 82 valence electrons. The number of hydrogen-bond donors (Lipinski definition) is 0. The van der Waals surface area contributed by atoms with Gasteiger partial charge in [0.2, 0.25) is 5.91 Å². The summed E-state index contributed by atoms with van der Waals surface area (Å²) in [6.45, 7) is 3.60. The van der Waals surface area contributed by atoms with E-state index in [1.807, 2.05) is 21.7 Å². The van der Waals surface area contributed by atoms with Gasteiger partial charge in [0.05, 0.1) is 11.8 Å². The molecule has 0 aliphatic carbocycles. The molecule has 1 aliphatic heterocycles. The second kappa shape index (κ2) is 4.54. The number of carbonyl (C=O) groups is 1. The molecule has 0 N–H and O–H groups in total. The third-order valence-electron chi connectivity index (χ3n) is 2.81. The molecular weight excluding hydrogens is 230 g/mol. The van der Waals surface area contributed by atoms with Gasteiger partial charge in [-0.15, -0.1) is 11.6 Å². The normalized spacial score (nSPS) is 25.9. The first kappa shape index (κ1) is 11.0. The highest BCUT2D eigenvalue weighted by Crippen LogP contribution is 2.22. The summed E-state index contributed by atoms with van der Waals surface area (Å²) in [6.07, 6.45) is 0.514. The van der Waals surface area contributed by atoms with Crippen LogP contribution in [-0.4, -0.2) is 29.3 Å². The van der Waals surface area contributed by atoms with E-state index in [-0.39, 0.29) is 11.3 Å². The molecule has 1 fully saturated rings. The van der Waals surface area contributed by atoms with Crippen LogP contribution in [0.3, 0.4) is 0 Å². The average Bonchev–Trinajstić information content (AvgIpc) is 2.78. The van der Waals surface area contributed by atoms with Crippen LogP contribution >= 0.6 is 22.9 Å². The molecule has 1 aromatic rings. The minimum Gasteiger partial charge on any atom is -0.341 e. The van der Waals surface area contributed by atoms with E-state index in [1.165, 1.54) is 0 Å². The molecule has 0 bridgehead atoms. The molecule has 1 amide bonds. The molecule has 15 heavy (non-hydrogen) atoms. The third kappa shape index (κ3) is 2.52. The Balaban J connectivity index is 1.92. The smallest absolute Gasteiger partial charge is 0.227 e. The predicted octanol–water partition coefficient (Wildman–Crippen LogP) is 2.38. The van der Waals surface area contributed by atoms with Crippen LogP contribution in [0, 0.1) is 5.92 Å². The van der Waals surface area contributed by atoms with Gasteiger partial charge in [0, 0.05) is 13.1 Å². The fourth-order valence-corrected chi connectivity index (χ4v) is 2.73. The molecular formula is C11H14ClNOS. The molecule has 0 radical (unpaired) electrons. The summed E-state index contributed by atoms with van der Waals surface area (Å²) >= 11 is 7.72. The first-order valence-electron chi connectivity index (χ1n) is 5.09. The maximum atomic E-state index is 11.9. The van der Waals surface area contributed by atoms with E-state index in [9.17, 15) is 4.79 Å². The van der Waals surface area contributed by atoms with E-state index >= 15 is 0 Å². The average molecular weight is 244 g/mol. The van der Waals surface area contributed by atoms with E-state index in [1.54, 1.807) is 11.3 Å². The Kier molecular flexibility index (Phi) is 3.32. The first-order chi connectivity index (χ1) is 7.16. The molecule has 0 aromatic carbocycles. The van der Waals surface area contributed by atoms with Crippen LogP contribution in [0.2, 0.25) is 0 Å². The summed E-state index contributed by atoms with van der Waals surface area (Å²) < 4.78 is 0. The number of carbonyl (C=O) groups excluding carboxylic acids is 1. The van der Waals surface area contributed by atoms with Gasteiger partial charge in [-0.1, -0.05) is 6.92 Å². The van der Waals surface area contributed by atoms with Crippen molar-refractivity contribution in [2.24, 2.45) is 5.92 Å². The number of thiophene rings is 1. The second-order valence-electron chi connectivity index (χ2n) is 4.10. The zero-order valence-electron chi connectivity index (χ0n) is 8.65. The Morgan fingerprint density at radius 1 is 1.67 bits per heavy atom. The number of halogens is 1. The molecule has 2 atom stereocenters. The minimum atomic E-state index is 0.122. The highest BCUT2D eigenvalue weighted by Gasteiger charge is 2.30. The maximum Gasteiger partial charge on any atom is 0.227 e. The summed E-state index contributed by atoms with van der Waals surface area (Å²) in [5.41, 5.74) is 1.11. The van der Waals surface area contributed by atoms with Gasteiger partial charge in [-0.25, -0.2) is 0 Å². The lowest BCUT2D eigenvalue weighted by Crippen LogP contribution is -2.30. The van der Waals surface area contributed by atoms with Crippen LogP contribution < -0.4 is 0 Å². The van der Waals surface area contributed by atoms with E-state index in [0.717, 1.165) is 12.1 Å². The number of amides is 1. The number of alkyl halides is 1. The zero-order valence-corrected chi connectivity index (χ0v) is 10.2. The Morgan fingerprint density at radius 3 is 3.00 bits per heavy atom. The van der Waals surface area contributed by atoms with Crippen molar-refractivity contribution >= 4 is 28.8 Å². The number of nitrogens with zero attached hydrogens (tertiary/aromatic N) is 1. The van der Waals surface area contributed by atoms with Crippen molar-refractivity contribution in [2.75, 3.05) is 13.1 Å². The summed E-state index contributed by atoms with van der Waals surface area (Å²) in [7, 11) is 0. The number of hydrogen-bond acceptors (Lipinski definition) is 2. The van der Waals surface area contributed by atoms with Crippen LogP contribution in [0.4, 0.5) is 0 Å². The van der Waals surface area contributed by atoms with E-state index < -0.39 is 0 Å². The standard InChI is InChI=1S/C11H14ClNOS/c1-8-5-13(6-10(8)12)11(14)4-9-2-3-15-7-9/h2-3,7-8,10H,4-6H2,1H3. The SMILES string of the molecule is CC1CN(C(=O)Cc2ccsc2)CC1Cl. The summed E-state index contributed by atoms with van der Waals surface area (Å²) in [4.78, 5) is 13.8. The Labute approximate surface area is 98.8 Å². The maximum absolute atomic E-state index is 11.9. The molecule has 1 aliphatic rings. The van der Waals surface area contributed by atoms with Crippen LogP contribution in [-0.2, 0) is 11.2 Å². The molecule has 0 spiro atoms. The van der Waals surface area contributed by atoms with E-state index in [0.29, 0.717) is 18.9 Å². The van der Waals surface area contributed by atoms with Gasteiger partial charge in [-0.05, 0) is 28.3 Å². The Hall–Kier alpha value is -0.540. The van der Waals surface area contributed by atoms with Crippen molar-refractivity contribution < 1.29 is 4.79 Å². The van der Waals surface area contributed by atoms with Crippen molar-refractivity contribution in [1.29, 1.82) is 0 Å². The van der Waals surface area contributed by atoms with Crippen LogP contribution in [0.25, 0.3) is 0 Å². The van der Waals surface area contributed by atoms with Gasteiger partial charge in [-0.2, -0.15) is 11.3 Å². The quantitative estimate of drug-likeness (QED) is 0.731. The summed E-state index contributed by atoms with van der Waals surface area (Å²) in [5.74, 6) is 0.612. The van der Waals surface area contributed by atoms with Crippen LogP contribution in [0.15, 0.2) is 16.8 Å². The van der Waals surface area contributed by atoms with Crippen molar-refractivity contribution in [2.45, 2.75) is 18.7 Å². The lowest BCUT2D eigenvalue weighted by molar-refractivity contribution is -0.129. The highest BCUT2D eigenvalue weighted by molar-refractivity contribution is 7.07. The largest absolute Gasteiger partial charge is 0.341 e. The lowest BCUT2D eigenvalue weighted by Gasteiger charge is -2.15. The topological polar surface area (TPSA) is 20.3 Å². The van der Waals surface area contributed by atoms with Gasteiger partial charge < -0.3 is 4.90 Å². The molecule has 1 saturated heterocycles. The van der Waals surface area contributed by atoms with Gasteiger partial charge >= 0.3 is 0 Å². The number of rotatable bonds is 2. The molecule has 2 unspecified atom stereocenters. The first-order valence-corrected chi connectivity index (χ1v) is 6.47. The van der Waals surface area contributed by atoms with E-state index in [4.69, 9.17) is 11.6 Å². The lowest BCUT2D eigenvalue weighted by atomic mass is 10.1. The molecule has 4 heteroatoms. The van der Waals surface area contributed by atoms with Crippen molar-refractivity contribution in [3.05, 3.63) is 22.4 Å². The Bertz CT molecular complexity index is 328. The van der Waals surface area contributed by atoms with Gasteiger partial charge in [0.1, 0.15) is 0 Å². The van der Waals surface area contributed by atoms with Crippen molar-refractivity contribution in [1.82, 2.24) is 4.90 Å². The van der Waals surface area contributed by atoms with Gasteiger partial charge in [0.15, 0.2) is 0 Å². The van der Waals surface area contributed by atoms with Crippen LogP contribution in [0.1, 0.15) is 12.5 Å². The third-order valence-corrected chi connectivity index (χ3v) is 4.11.